The molecule has 0 aliphatic heterocycles. The Labute approximate surface area is 141 Å². The molecule has 0 saturated carbocycles. The largest absolute Gasteiger partial charge is 0.478 e. The van der Waals surface area contributed by atoms with Crippen molar-refractivity contribution in [1.82, 2.24) is 0 Å². The highest BCUT2D eigenvalue weighted by Crippen LogP contribution is 2.29. The molecule has 0 spiro atoms. The molecular formula is C22H18O2. The summed E-state index contributed by atoms with van der Waals surface area (Å²) in [7, 11) is 0. The average molecular weight is 314 g/mol. The van der Waals surface area contributed by atoms with Crippen LogP contribution in [-0.2, 0) is 4.79 Å². The third-order valence-corrected chi connectivity index (χ3v) is 3.88. The predicted molar refractivity (Wildman–Crippen MR) is 99.8 cm³/mol. The zero-order valence-electron chi connectivity index (χ0n) is 13.4. The van der Waals surface area contributed by atoms with Crippen molar-refractivity contribution in [2.24, 2.45) is 0 Å². The Kier molecular flexibility index (Phi) is 4.57. The molecule has 118 valence electrons. The molecule has 0 radical (unpaired) electrons. The Morgan fingerprint density at radius 2 is 1.71 bits per heavy atom. The van der Waals surface area contributed by atoms with Crippen LogP contribution in [0.4, 0.5) is 0 Å². The molecular weight excluding hydrogens is 296 g/mol. The first-order valence-electron chi connectivity index (χ1n) is 7.81. The van der Waals surface area contributed by atoms with E-state index in [1.807, 2.05) is 30.4 Å². The molecule has 2 nitrogen and oxygen atoms in total. The second kappa shape index (κ2) is 6.97. The summed E-state index contributed by atoms with van der Waals surface area (Å²) in [5, 5.41) is 11.2. The Balaban J connectivity index is 1.99. The lowest BCUT2D eigenvalue weighted by molar-refractivity contribution is -0.131. The van der Waals surface area contributed by atoms with E-state index in [-0.39, 0.29) is 0 Å². The minimum atomic E-state index is -0.929. The second-order valence-electron chi connectivity index (χ2n) is 5.71. The van der Waals surface area contributed by atoms with Gasteiger partial charge in [-0.2, -0.15) is 0 Å². The van der Waals surface area contributed by atoms with Crippen LogP contribution in [0.2, 0.25) is 0 Å². The summed E-state index contributed by atoms with van der Waals surface area (Å²) in [5.74, 6) is -0.929. The minimum Gasteiger partial charge on any atom is -0.478 e. The predicted octanol–water partition coefficient (Wildman–Crippen LogP) is 5.55. The molecule has 0 aromatic heterocycles. The van der Waals surface area contributed by atoms with Crippen LogP contribution < -0.4 is 0 Å². The number of hydrogen-bond donors (Lipinski definition) is 1. The number of allylic oxidation sites excluding steroid dienone is 2. The van der Waals surface area contributed by atoms with Crippen molar-refractivity contribution >= 4 is 22.8 Å². The summed E-state index contributed by atoms with van der Waals surface area (Å²) >= 11 is 0. The van der Waals surface area contributed by atoms with E-state index in [1.165, 1.54) is 22.4 Å². The van der Waals surface area contributed by atoms with Crippen LogP contribution in [0.3, 0.4) is 0 Å². The molecule has 24 heavy (non-hydrogen) atoms. The van der Waals surface area contributed by atoms with Crippen molar-refractivity contribution < 1.29 is 9.90 Å². The third-order valence-electron chi connectivity index (χ3n) is 3.88. The Morgan fingerprint density at radius 3 is 2.54 bits per heavy atom. The molecule has 3 aromatic rings. The van der Waals surface area contributed by atoms with E-state index in [0.717, 1.165) is 11.1 Å². The summed E-state index contributed by atoms with van der Waals surface area (Å²) in [4.78, 5) is 10.7. The Bertz CT molecular complexity index is 944. The van der Waals surface area contributed by atoms with Gasteiger partial charge < -0.3 is 5.11 Å². The monoisotopic (exact) mass is 314 g/mol. The molecule has 0 heterocycles. The summed E-state index contributed by atoms with van der Waals surface area (Å²) in [6, 6.07) is 22.9. The van der Waals surface area contributed by atoms with Gasteiger partial charge in [0.15, 0.2) is 0 Å². The minimum absolute atomic E-state index is 0.707. The van der Waals surface area contributed by atoms with Gasteiger partial charge in [-0.15, -0.1) is 0 Å². The zero-order valence-corrected chi connectivity index (χ0v) is 13.4. The van der Waals surface area contributed by atoms with E-state index in [4.69, 9.17) is 5.11 Å². The van der Waals surface area contributed by atoms with Crippen molar-refractivity contribution in [2.75, 3.05) is 0 Å². The molecule has 3 aromatic carbocycles. The Morgan fingerprint density at radius 1 is 0.958 bits per heavy atom. The van der Waals surface area contributed by atoms with Gasteiger partial charge in [0, 0.05) is 6.08 Å². The number of benzene rings is 3. The van der Waals surface area contributed by atoms with Gasteiger partial charge in [-0.25, -0.2) is 4.79 Å². The number of fused-ring (bicyclic) bond motifs is 1. The quantitative estimate of drug-likeness (QED) is 0.506. The lowest BCUT2D eigenvalue weighted by Gasteiger charge is -2.07. The van der Waals surface area contributed by atoms with Crippen molar-refractivity contribution in [3.63, 3.8) is 0 Å². The van der Waals surface area contributed by atoms with Crippen LogP contribution in [0.25, 0.3) is 28.0 Å². The average Bonchev–Trinajstić information content (AvgIpc) is 2.59. The summed E-state index contributed by atoms with van der Waals surface area (Å²) in [6.07, 6.45) is 4.95. The number of carbonyl (C=O) groups is 1. The molecule has 0 bridgehead atoms. The lowest BCUT2D eigenvalue weighted by Crippen LogP contribution is -1.87. The van der Waals surface area contributed by atoms with Gasteiger partial charge in [0.2, 0.25) is 0 Å². The molecule has 1 N–H and O–H groups in total. The normalized spacial score (nSPS) is 12.0. The van der Waals surface area contributed by atoms with Gasteiger partial charge >= 0.3 is 5.97 Å². The fourth-order valence-electron chi connectivity index (χ4n) is 2.76. The maximum Gasteiger partial charge on any atom is 0.328 e. The van der Waals surface area contributed by atoms with E-state index in [2.05, 4.69) is 48.5 Å². The standard InChI is InChI=1S/C22H18O2/c1-16(14-22(23)24)12-13-17-6-4-9-19(15-17)21-11-5-8-18-7-2-3-10-20(18)21/h2-15H,1H3,(H,23,24). The smallest absolute Gasteiger partial charge is 0.328 e. The van der Waals surface area contributed by atoms with E-state index < -0.39 is 5.97 Å². The highest BCUT2D eigenvalue weighted by atomic mass is 16.4. The van der Waals surface area contributed by atoms with Crippen LogP contribution in [0.1, 0.15) is 12.5 Å². The van der Waals surface area contributed by atoms with Crippen LogP contribution in [0.5, 0.6) is 0 Å². The first-order chi connectivity index (χ1) is 11.6. The fraction of sp³-hybridized carbons (Fsp3) is 0.0455. The number of aliphatic carboxylic acids is 1. The summed E-state index contributed by atoms with van der Waals surface area (Å²) in [6.45, 7) is 1.78. The topological polar surface area (TPSA) is 37.3 Å². The molecule has 0 aliphatic carbocycles. The highest BCUT2D eigenvalue weighted by Gasteiger charge is 2.03. The number of carboxylic acids is 1. The van der Waals surface area contributed by atoms with Crippen molar-refractivity contribution in [1.29, 1.82) is 0 Å². The van der Waals surface area contributed by atoms with Crippen molar-refractivity contribution in [3.8, 4) is 11.1 Å². The SMILES string of the molecule is CC(C=Cc1cccc(-c2cccc3ccccc23)c1)=CC(=O)O. The molecule has 0 fully saturated rings. The first-order valence-corrected chi connectivity index (χ1v) is 7.81. The van der Waals surface area contributed by atoms with E-state index in [9.17, 15) is 4.79 Å². The van der Waals surface area contributed by atoms with Crippen molar-refractivity contribution in [3.05, 3.63) is 90.0 Å². The molecule has 0 saturated heterocycles. The van der Waals surface area contributed by atoms with Crippen LogP contribution in [-0.4, -0.2) is 11.1 Å². The van der Waals surface area contributed by atoms with Gasteiger partial charge in [-0.1, -0.05) is 72.8 Å². The van der Waals surface area contributed by atoms with Gasteiger partial charge in [0.05, 0.1) is 0 Å². The third kappa shape index (κ3) is 3.61. The molecule has 2 heteroatoms. The summed E-state index contributed by atoms with van der Waals surface area (Å²) < 4.78 is 0. The molecule has 3 rings (SSSR count). The maximum absolute atomic E-state index is 10.7. The van der Waals surface area contributed by atoms with Gasteiger partial charge in [0.25, 0.3) is 0 Å². The zero-order chi connectivity index (χ0) is 16.9. The number of carboxylic acid groups (broad SMARTS) is 1. The number of rotatable bonds is 4. The molecule has 0 unspecified atom stereocenters. The van der Waals surface area contributed by atoms with Crippen LogP contribution in [0, 0.1) is 0 Å². The maximum atomic E-state index is 10.7. The Hall–Kier alpha value is -3.13. The number of hydrogen-bond acceptors (Lipinski definition) is 1. The highest BCUT2D eigenvalue weighted by molar-refractivity contribution is 5.96. The molecule has 0 amide bonds. The second-order valence-corrected chi connectivity index (χ2v) is 5.71. The fourth-order valence-corrected chi connectivity index (χ4v) is 2.76. The van der Waals surface area contributed by atoms with Gasteiger partial charge in [-0.05, 0) is 46.0 Å². The van der Waals surface area contributed by atoms with E-state index in [1.54, 1.807) is 6.92 Å². The lowest BCUT2D eigenvalue weighted by atomic mass is 9.97. The summed E-state index contributed by atoms with van der Waals surface area (Å²) in [5.41, 5.74) is 4.09. The molecule has 0 atom stereocenters. The van der Waals surface area contributed by atoms with Gasteiger partial charge in [0.1, 0.15) is 0 Å². The van der Waals surface area contributed by atoms with Crippen LogP contribution in [0.15, 0.2) is 84.5 Å². The van der Waals surface area contributed by atoms with E-state index in [0.29, 0.717) is 5.57 Å². The van der Waals surface area contributed by atoms with E-state index >= 15 is 0 Å². The first kappa shape index (κ1) is 15.8. The molecule has 0 aliphatic rings. The van der Waals surface area contributed by atoms with Crippen LogP contribution >= 0.6 is 0 Å². The van der Waals surface area contributed by atoms with Gasteiger partial charge in [-0.3, -0.25) is 0 Å². The van der Waals surface area contributed by atoms with Crippen molar-refractivity contribution in [2.45, 2.75) is 6.92 Å².